The second-order valence-corrected chi connectivity index (χ2v) is 9.76. The molecule has 0 bridgehead atoms. The molecule has 2 aromatic heterocycles. The second kappa shape index (κ2) is 8.97. The van der Waals surface area contributed by atoms with Crippen LogP contribution in [-0.2, 0) is 14.8 Å². The normalized spacial score (nSPS) is 12.5. The fourth-order valence-corrected chi connectivity index (χ4v) is 4.91. The minimum absolute atomic E-state index is 0.00102. The first kappa shape index (κ1) is 22.6. The van der Waals surface area contributed by atoms with Gasteiger partial charge in [-0.05, 0) is 50.6 Å². The summed E-state index contributed by atoms with van der Waals surface area (Å²) in [5, 5.41) is 9.04. The summed E-state index contributed by atoms with van der Waals surface area (Å²) in [7, 11) is -3.77. The molecule has 162 valence electrons. The Labute approximate surface area is 182 Å². The lowest BCUT2D eigenvalue weighted by molar-refractivity contribution is 0.0320. The van der Waals surface area contributed by atoms with E-state index in [0.29, 0.717) is 10.2 Å². The van der Waals surface area contributed by atoms with Crippen molar-refractivity contribution < 1.29 is 17.9 Å². The lowest BCUT2D eigenvalue weighted by Gasteiger charge is -2.13. The van der Waals surface area contributed by atoms with E-state index in [4.69, 9.17) is 10.00 Å². The van der Waals surface area contributed by atoms with Crippen molar-refractivity contribution >= 4 is 37.5 Å². The van der Waals surface area contributed by atoms with Crippen LogP contribution in [0.4, 0.5) is 0 Å². The first-order chi connectivity index (χ1) is 14.6. The van der Waals surface area contributed by atoms with Gasteiger partial charge in [0.15, 0.2) is 11.9 Å². The van der Waals surface area contributed by atoms with Gasteiger partial charge in [-0.1, -0.05) is 0 Å². The van der Waals surface area contributed by atoms with Gasteiger partial charge in [0.1, 0.15) is 4.83 Å². The van der Waals surface area contributed by atoms with E-state index in [1.807, 2.05) is 19.9 Å². The Balaban J connectivity index is 1.75. The number of esters is 1. The average Bonchev–Trinajstić information content (AvgIpc) is 3.02. The number of hydrogen-bond acceptors (Lipinski definition) is 8. The summed E-state index contributed by atoms with van der Waals surface area (Å²) in [6.07, 6.45) is -0.767. The fraction of sp³-hybridized carbons (Fsp3) is 0.300. The highest BCUT2D eigenvalue weighted by molar-refractivity contribution is 7.89. The molecule has 0 saturated carbocycles. The zero-order valence-corrected chi connectivity index (χ0v) is 18.7. The molecule has 0 spiro atoms. The molecular formula is C20H20N4O5S2. The van der Waals surface area contributed by atoms with Gasteiger partial charge < -0.3 is 9.72 Å². The molecular weight excluding hydrogens is 440 g/mol. The molecule has 1 aromatic carbocycles. The van der Waals surface area contributed by atoms with Gasteiger partial charge >= 0.3 is 5.97 Å². The van der Waals surface area contributed by atoms with Gasteiger partial charge in [0.05, 0.1) is 21.9 Å². The Morgan fingerprint density at radius 2 is 2.00 bits per heavy atom. The lowest BCUT2D eigenvalue weighted by atomic mass is 10.2. The van der Waals surface area contributed by atoms with E-state index < -0.39 is 22.1 Å². The standard InChI is InChI=1S/C20H20N4O5S2/c1-11-13(3)30-19-16(11)18(25)23-17(24-19)12(2)29-20(26)14-5-7-15(8-6-14)31(27,28)22-10-4-9-21/h5-8,12,22H,4,10H2,1-3H3,(H,23,24,25)/t12-/m1/s1. The van der Waals surface area contributed by atoms with Crippen molar-refractivity contribution in [1.29, 1.82) is 5.26 Å². The Hall–Kier alpha value is -3.07. The highest BCUT2D eigenvalue weighted by atomic mass is 32.2. The first-order valence-corrected chi connectivity index (χ1v) is 11.6. The fourth-order valence-electron chi connectivity index (χ4n) is 2.84. The molecule has 9 nitrogen and oxygen atoms in total. The van der Waals surface area contributed by atoms with Gasteiger partial charge in [0, 0.05) is 17.8 Å². The molecule has 0 fully saturated rings. The number of thiophene rings is 1. The van der Waals surface area contributed by atoms with Crippen LogP contribution >= 0.6 is 11.3 Å². The molecule has 0 radical (unpaired) electrons. The minimum Gasteiger partial charge on any atom is -0.451 e. The SMILES string of the molecule is Cc1sc2nc([C@@H](C)OC(=O)c3ccc(S(=O)(=O)NCCC#N)cc3)[nH]c(=O)c2c1C. The molecule has 0 saturated heterocycles. The molecule has 3 aromatic rings. The van der Waals surface area contributed by atoms with Gasteiger partial charge in [-0.15, -0.1) is 11.3 Å². The molecule has 3 rings (SSSR count). The number of sulfonamides is 1. The number of ether oxygens (including phenoxy) is 1. The molecule has 0 aliphatic rings. The van der Waals surface area contributed by atoms with E-state index in [9.17, 15) is 18.0 Å². The highest BCUT2D eigenvalue weighted by Gasteiger charge is 2.20. The van der Waals surface area contributed by atoms with E-state index >= 15 is 0 Å². The largest absolute Gasteiger partial charge is 0.451 e. The molecule has 0 unspecified atom stereocenters. The number of carbonyl (C=O) groups excluding carboxylic acids is 1. The summed E-state index contributed by atoms with van der Waals surface area (Å²) in [4.78, 5) is 33.5. The van der Waals surface area contributed by atoms with Crippen LogP contribution in [0.5, 0.6) is 0 Å². The third-order valence-corrected chi connectivity index (χ3v) is 7.23. The van der Waals surface area contributed by atoms with Crippen molar-refractivity contribution in [3.63, 3.8) is 0 Å². The number of rotatable bonds is 7. The van der Waals surface area contributed by atoms with Crippen LogP contribution < -0.4 is 10.3 Å². The number of hydrogen-bond donors (Lipinski definition) is 2. The summed E-state index contributed by atoms with van der Waals surface area (Å²) >= 11 is 1.40. The maximum absolute atomic E-state index is 12.5. The van der Waals surface area contributed by atoms with Gasteiger partial charge in [0.2, 0.25) is 10.0 Å². The van der Waals surface area contributed by atoms with Crippen LogP contribution in [0.1, 0.15) is 46.1 Å². The van der Waals surface area contributed by atoms with E-state index in [2.05, 4.69) is 14.7 Å². The second-order valence-electron chi connectivity index (χ2n) is 6.79. The third kappa shape index (κ3) is 4.82. The lowest BCUT2D eigenvalue weighted by Crippen LogP contribution is -2.24. The monoisotopic (exact) mass is 460 g/mol. The van der Waals surface area contributed by atoms with Crippen molar-refractivity contribution in [2.45, 2.75) is 38.2 Å². The van der Waals surface area contributed by atoms with Crippen LogP contribution in [0.15, 0.2) is 34.0 Å². The number of aromatic nitrogens is 2. The minimum atomic E-state index is -3.77. The van der Waals surface area contributed by atoms with Crippen molar-refractivity contribution in [3.8, 4) is 6.07 Å². The number of carbonyl (C=O) groups is 1. The van der Waals surface area contributed by atoms with Crippen molar-refractivity contribution in [3.05, 3.63) is 56.4 Å². The first-order valence-electron chi connectivity index (χ1n) is 9.31. The van der Waals surface area contributed by atoms with Gasteiger partial charge in [0.25, 0.3) is 5.56 Å². The molecule has 0 amide bonds. The van der Waals surface area contributed by atoms with Crippen LogP contribution in [0, 0.1) is 25.2 Å². The summed E-state index contributed by atoms with van der Waals surface area (Å²) in [6.45, 7) is 5.36. The molecule has 1 atom stereocenters. The third-order valence-electron chi connectivity index (χ3n) is 4.66. The summed E-state index contributed by atoms with van der Waals surface area (Å²) in [6, 6.07) is 7.07. The van der Waals surface area contributed by atoms with Gasteiger partial charge in [-0.25, -0.2) is 22.9 Å². The molecule has 2 N–H and O–H groups in total. The maximum atomic E-state index is 12.5. The molecule has 31 heavy (non-hydrogen) atoms. The van der Waals surface area contributed by atoms with E-state index in [1.54, 1.807) is 6.92 Å². The number of benzene rings is 1. The Kier molecular flexibility index (Phi) is 6.54. The van der Waals surface area contributed by atoms with Crippen molar-refractivity contribution in [2.75, 3.05) is 6.54 Å². The number of nitrogens with one attached hydrogen (secondary N) is 2. The summed E-state index contributed by atoms with van der Waals surface area (Å²) in [5.74, 6) is -0.455. The van der Waals surface area contributed by atoms with Gasteiger partial charge in [-0.2, -0.15) is 5.26 Å². The predicted octanol–water partition coefficient (Wildman–Crippen LogP) is 2.71. The smallest absolute Gasteiger partial charge is 0.338 e. The Morgan fingerprint density at radius 3 is 2.65 bits per heavy atom. The summed E-state index contributed by atoms with van der Waals surface area (Å²) in [5.41, 5.74) is 0.736. The number of aryl methyl sites for hydroxylation is 2. The maximum Gasteiger partial charge on any atom is 0.338 e. The van der Waals surface area contributed by atoms with Crippen molar-refractivity contribution in [2.24, 2.45) is 0 Å². The van der Waals surface area contributed by atoms with E-state index in [-0.39, 0.29) is 34.8 Å². The van der Waals surface area contributed by atoms with Crippen LogP contribution in [-0.4, -0.2) is 30.9 Å². The van der Waals surface area contributed by atoms with E-state index in [1.165, 1.54) is 35.6 Å². The predicted molar refractivity (Wildman–Crippen MR) is 115 cm³/mol. The number of nitriles is 1. The Bertz CT molecular complexity index is 1330. The quantitative estimate of drug-likeness (QED) is 0.408. The molecule has 0 aliphatic carbocycles. The molecule has 2 heterocycles. The number of aromatic amines is 1. The van der Waals surface area contributed by atoms with Crippen LogP contribution in [0.25, 0.3) is 10.2 Å². The zero-order valence-electron chi connectivity index (χ0n) is 17.1. The average molecular weight is 461 g/mol. The number of H-pyrrole nitrogens is 1. The highest BCUT2D eigenvalue weighted by Crippen LogP contribution is 2.27. The van der Waals surface area contributed by atoms with E-state index in [0.717, 1.165) is 10.4 Å². The van der Waals surface area contributed by atoms with Crippen LogP contribution in [0.3, 0.4) is 0 Å². The molecule has 0 aliphatic heterocycles. The van der Waals surface area contributed by atoms with Crippen molar-refractivity contribution in [1.82, 2.24) is 14.7 Å². The summed E-state index contributed by atoms with van der Waals surface area (Å²) < 4.78 is 32.0. The number of fused-ring (bicyclic) bond motifs is 1. The zero-order chi connectivity index (χ0) is 22.8. The topological polar surface area (TPSA) is 142 Å². The van der Waals surface area contributed by atoms with Crippen LogP contribution in [0.2, 0.25) is 0 Å². The number of nitrogens with zero attached hydrogens (tertiary/aromatic N) is 2. The molecule has 11 heteroatoms. The Morgan fingerprint density at radius 1 is 1.32 bits per heavy atom. The van der Waals surface area contributed by atoms with Gasteiger partial charge in [-0.3, -0.25) is 4.79 Å².